The number of thioether (sulfide) groups is 1. The van der Waals surface area contributed by atoms with E-state index in [1.54, 1.807) is 29.2 Å². The average molecular weight is 744 g/mol. The molecule has 5 rings (SSSR count). The van der Waals surface area contributed by atoms with Gasteiger partial charge in [-0.25, -0.2) is 14.6 Å². The van der Waals surface area contributed by atoms with Gasteiger partial charge in [0, 0.05) is 34.8 Å². The Kier molecular flexibility index (Phi) is 13.6. The molecule has 0 bridgehead atoms. The zero-order valence-electron chi connectivity index (χ0n) is 26.5. The van der Waals surface area contributed by atoms with Gasteiger partial charge in [0.2, 0.25) is 0 Å². The van der Waals surface area contributed by atoms with E-state index in [4.69, 9.17) is 20.1 Å². The number of carbonyl (C=O) groups excluding carboxylic acids is 1. The van der Waals surface area contributed by atoms with Crippen molar-refractivity contribution in [2.45, 2.75) is 44.9 Å². The maximum atomic E-state index is 11.9. The Balaban J connectivity index is 0.000000193. The van der Waals surface area contributed by atoms with Crippen LogP contribution >= 0.6 is 39.0 Å². The van der Waals surface area contributed by atoms with Crippen LogP contribution in [0.4, 0.5) is 5.69 Å². The van der Waals surface area contributed by atoms with Gasteiger partial charge in [0.05, 0.1) is 23.2 Å². The molecule has 4 aromatic rings. The van der Waals surface area contributed by atoms with Crippen LogP contribution in [0.25, 0.3) is 10.2 Å². The van der Waals surface area contributed by atoms with Crippen molar-refractivity contribution >= 4 is 78.6 Å². The third kappa shape index (κ3) is 10.4. The summed E-state index contributed by atoms with van der Waals surface area (Å²) in [6.07, 6.45) is 4.89. The maximum absolute atomic E-state index is 11.9. The molecule has 2 heterocycles. The first-order valence-corrected chi connectivity index (χ1v) is 17.2. The highest BCUT2D eigenvalue weighted by Crippen LogP contribution is 2.33. The molecule has 0 saturated carbocycles. The van der Waals surface area contributed by atoms with Gasteiger partial charge in [0.25, 0.3) is 0 Å². The van der Waals surface area contributed by atoms with Gasteiger partial charge in [0.15, 0.2) is 10.1 Å². The second-order valence-electron chi connectivity index (χ2n) is 10.5. The molecule has 0 aliphatic carbocycles. The molecule has 10 nitrogen and oxygen atoms in total. The van der Waals surface area contributed by atoms with Crippen LogP contribution in [0.2, 0.25) is 0 Å². The number of carboxylic acids is 3. The number of nitrogens with zero attached hydrogens (tertiary/aromatic N) is 1. The van der Waals surface area contributed by atoms with Crippen LogP contribution in [0, 0.1) is 27.7 Å². The van der Waals surface area contributed by atoms with Crippen molar-refractivity contribution < 1.29 is 39.2 Å². The number of rotatable bonds is 9. The summed E-state index contributed by atoms with van der Waals surface area (Å²) in [7, 11) is 0. The third-order valence-corrected chi connectivity index (χ3v) is 9.64. The minimum atomic E-state index is -1.11. The lowest BCUT2D eigenvalue weighted by atomic mass is 9.91. The van der Waals surface area contributed by atoms with Gasteiger partial charge in [0.1, 0.15) is 11.3 Å². The number of aliphatic carboxylic acids is 2. The Bertz CT molecular complexity index is 1830. The molecule has 0 spiro atoms. The van der Waals surface area contributed by atoms with Crippen molar-refractivity contribution in [1.82, 2.24) is 4.98 Å². The molecule has 248 valence electrons. The summed E-state index contributed by atoms with van der Waals surface area (Å²) >= 11 is 6.54. The lowest BCUT2D eigenvalue weighted by molar-refractivity contribution is -0.136. The number of anilines is 1. The molecule has 0 saturated heterocycles. The van der Waals surface area contributed by atoms with Gasteiger partial charge in [-0.3, -0.25) is 9.59 Å². The van der Waals surface area contributed by atoms with E-state index in [2.05, 4.69) is 26.2 Å². The van der Waals surface area contributed by atoms with Crippen LogP contribution in [0.15, 0.2) is 57.4 Å². The summed E-state index contributed by atoms with van der Waals surface area (Å²) in [6.45, 7) is 8.66. The van der Waals surface area contributed by atoms with E-state index in [0.717, 1.165) is 71.1 Å². The number of aromatic nitrogens is 1. The fraction of sp³-hybridized carbons (Fsp3) is 0.265. The minimum absolute atomic E-state index is 0.122. The summed E-state index contributed by atoms with van der Waals surface area (Å²) in [5.74, 6) is -2.58. The second-order valence-corrected chi connectivity index (χ2v) is 13.5. The van der Waals surface area contributed by atoms with E-state index in [1.165, 1.54) is 0 Å². The van der Waals surface area contributed by atoms with Crippen molar-refractivity contribution in [3.8, 4) is 5.75 Å². The summed E-state index contributed by atoms with van der Waals surface area (Å²) in [6, 6.07) is 11.4. The molecule has 0 atom stereocenters. The molecule has 13 heteroatoms. The number of nitrogens with one attached hydrogen (secondary N) is 1. The molecule has 3 aromatic carbocycles. The first-order valence-electron chi connectivity index (χ1n) is 14.3. The van der Waals surface area contributed by atoms with Crippen LogP contribution in [0.3, 0.4) is 0 Å². The molecular weight excluding hydrogens is 708 g/mol. The number of carbonyl (C=O) groups is 4. The quantitative estimate of drug-likeness (QED) is 0.0754. The van der Waals surface area contributed by atoms with Gasteiger partial charge in [-0.15, -0.1) is 11.3 Å². The fourth-order valence-corrected chi connectivity index (χ4v) is 6.69. The number of ketones is 1. The third-order valence-electron chi connectivity index (χ3n) is 7.18. The van der Waals surface area contributed by atoms with E-state index in [0.29, 0.717) is 24.5 Å². The molecule has 1 aliphatic rings. The highest BCUT2D eigenvalue weighted by molar-refractivity contribution is 9.10. The Labute approximate surface area is 289 Å². The number of ether oxygens (including phenoxy) is 1. The monoisotopic (exact) mass is 742 g/mol. The predicted molar refractivity (Wildman–Crippen MR) is 189 cm³/mol. The van der Waals surface area contributed by atoms with Crippen LogP contribution in [-0.4, -0.2) is 63.4 Å². The number of benzene rings is 3. The van der Waals surface area contributed by atoms with Gasteiger partial charge in [-0.05, 0) is 98.2 Å². The lowest BCUT2D eigenvalue weighted by Crippen LogP contribution is -2.07. The fourth-order valence-electron chi connectivity index (χ4n) is 4.66. The molecule has 0 radical (unpaired) electrons. The first-order chi connectivity index (χ1) is 22.2. The van der Waals surface area contributed by atoms with E-state index in [9.17, 15) is 19.2 Å². The number of carboxylic acid groups (broad SMARTS) is 3. The largest absolute Gasteiger partial charge is 0.492 e. The zero-order valence-corrected chi connectivity index (χ0v) is 29.7. The lowest BCUT2D eigenvalue weighted by Gasteiger charge is -2.12. The smallest absolute Gasteiger partial charge is 0.339 e. The molecule has 1 aromatic heterocycles. The summed E-state index contributed by atoms with van der Waals surface area (Å²) in [5.41, 5.74) is 7.65. The highest BCUT2D eigenvalue weighted by atomic mass is 79.9. The molecular formula is C34H35BrN2O8S2. The Morgan fingerprint density at radius 2 is 1.68 bits per heavy atom. The summed E-state index contributed by atoms with van der Waals surface area (Å²) in [4.78, 5) is 48.0. The minimum Gasteiger partial charge on any atom is -0.492 e. The van der Waals surface area contributed by atoms with E-state index in [1.807, 2.05) is 64.3 Å². The van der Waals surface area contributed by atoms with Crippen LogP contribution in [0.1, 0.15) is 55.0 Å². The number of hydrogen-bond donors (Lipinski definition) is 4. The molecule has 0 amide bonds. The van der Waals surface area contributed by atoms with Crippen molar-refractivity contribution in [2.24, 2.45) is 0 Å². The molecule has 47 heavy (non-hydrogen) atoms. The second kappa shape index (κ2) is 17.1. The number of aryl methyl sites for hydroxylation is 2. The number of hydrogen-bond acceptors (Lipinski definition) is 9. The van der Waals surface area contributed by atoms with E-state index in [-0.39, 0.29) is 17.8 Å². The standard InChI is InChI=1S/C14H16O3.C11H12N2O2S2.C9H7BrO3/c1-8-7-9(2)11(4)14(10(8)3)12(15)5-6-13(16)17;1-16-11-13-8-3-2-7(6-9(8)17-11)12-5-4-10(14)15;10-6-3-5-1-2-13-8(5)7(4-6)9(11)12/h5-7H,1-4H3,(H,16,17);2-3,6,12H,4-5H2,1H3,(H,14,15);3-4H,1-2H2,(H,11,12). The Morgan fingerprint density at radius 3 is 2.28 bits per heavy atom. The van der Waals surface area contributed by atoms with E-state index < -0.39 is 17.9 Å². The number of halogens is 1. The maximum Gasteiger partial charge on any atom is 0.339 e. The van der Waals surface area contributed by atoms with Gasteiger partial charge >= 0.3 is 17.9 Å². The van der Waals surface area contributed by atoms with Crippen molar-refractivity contribution in [3.05, 3.63) is 92.0 Å². The Morgan fingerprint density at radius 1 is 1.00 bits per heavy atom. The van der Waals surface area contributed by atoms with Crippen LogP contribution < -0.4 is 10.1 Å². The average Bonchev–Trinajstić information content (AvgIpc) is 3.65. The number of aromatic carboxylic acids is 1. The normalized spacial score (nSPS) is 11.5. The number of fused-ring (bicyclic) bond motifs is 2. The Hall–Kier alpha value is -4.20. The molecule has 1 aliphatic heterocycles. The van der Waals surface area contributed by atoms with E-state index >= 15 is 0 Å². The topological polar surface area (TPSA) is 163 Å². The number of allylic oxidation sites excluding steroid dienone is 1. The predicted octanol–water partition coefficient (Wildman–Crippen LogP) is 7.73. The summed E-state index contributed by atoms with van der Waals surface area (Å²) in [5, 5.41) is 29.0. The molecule has 0 fully saturated rings. The molecule has 4 N–H and O–H groups in total. The van der Waals surface area contributed by atoms with Crippen LogP contribution in [0.5, 0.6) is 5.75 Å². The van der Waals surface area contributed by atoms with Crippen molar-refractivity contribution in [2.75, 3.05) is 24.7 Å². The summed E-state index contributed by atoms with van der Waals surface area (Å²) < 4.78 is 8.19. The van der Waals surface area contributed by atoms with Crippen molar-refractivity contribution in [3.63, 3.8) is 0 Å². The zero-order chi connectivity index (χ0) is 34.8. The van der Waals surface area contributed by atoms with Gasteiger partial charge in [-0.1, -0.05) is 33.8 Å². The van der Waals surface area contributed by atoms with Gasteiger partial charge < -0.3 is 25.4 Å². The van der Waals surface area contributed by atoms with Crippen molar-refractivity contribution in [1.29, 1.82) is 0 Å². The highest BCUT2D eigenvalue weighted by Gasteiger charge is 2.21. The first kappa shape index (κ1) is 37.3. The van der Waals surface area contributed by atoms with Gasteiger partial charge in [-0.2, -0.15) is 0 Å². The molecule has 0 unspecified atom stereocenters. The van der Waals surface area contributed by atoms with Crippen LogP contribution in [-0.2, 0) is 16.0 Å². The SMILES string of the molecule is CSc1nc2ccc(NCCC(=O)O)cc2s1.Cc1cc(C)c(C)c(C(=O)C=CC(=O)O)c1C.O=C(O)c1cc(Br)cc2c1OCC2. The number of thiazole rings is 1.